The van der Waals surface area contributed by atoms with E-state index in [9.17, 15) is 9.90 Å². The first-order chi connectivity index (χ1) is 8.63. The lowest BCUT2D eigenvalue weighted by Gasteiger charge is -2.10. The van der Waals surface area contributed by atoms with Crippen molar-refractivity contribution in [3.8, 4) is 11.1 Å². The summed E-state index contributed by atoms with van der Waals surface area (Å²) in [5.41, 5.74) is 6.96. The highest BCUT2D eigenvalue weighted by Crippen LogP contribution is 2.32. The smallest absolute Gasteiger partial charge is 0.355 e. The average molecular weight is 260 g/mol. The van der Waals surface area contributed by atoms with Gasteiger partial charge in [0, 0.05) is 10.5 Å². The van der Waals surface area contributed by atoms with Crippen LogP contribution in [0.4, 0.5) is 5.82 Å². The third kappa shape index (κ3) is 2.31. The average Bonchev–Trinajstić information content (AvgIpc) is 2.38. The van der Waals surface area contributed by atoms with Gasteiger partial charge < -0.3 is 10.8 Å². The van der Waals surface area contributed by atoms with Crippen molar-refractivity contribution in [2.45, 2.75) is 4.90 Å². The van der Waals surface area contributed by atoms with E-state index >= 15 is 0 Å². The molecule has 92 valence electrons. The third-order valence-electron chi connectivity index (χ3n) is 2.52. The molecule has 0 bridgehead atoms. The molecular formula is C13H12N2O2S. The van der Waals surface area contributed by atoms with Crippen molar-refractivity contribution in [3.05, 3.63) is 42.1 Å². The van der Waals surface area contributed by atoms with Crippen molar-refractivity contribution in [1.29, 1.82) is 0 Å². The molecule has 18 heavy (non-hydrogen) atoms. The molecule has 2 aromatic rings. The molecule has 0 aliphatic rings. The van der Waals surface area contributed by atoms with Crippen molar-refractivity contribution in [3.63, 3.8) is 0 Å². The minimum absolute atomic E-state index is 0.0171. The van der Waals surface area contributed by atoms with Crippen LogP contribution in [0.3, 0.4) is 0 Å². The number of aromatic nitrogens is 1. The molecule has 1 aromatic heterocycles. The van der Waals surface area contributed by atoms with E-state index in [0.717, 1.165) is 10.5 Å². The van der Waals surface area contributed by atoms with Gasteiger partial charge in [-0.25, -0.2) is 9.78 Å². The van der Waals surface area contributed by atoms with E-state index < -0.39 is 5.97 Å². The molecule has 0 fully saturated rings. The number of carbonyl (C=O) groups is 1. The highest BCUT2D eigenvalue weighted by molar-refractivity contribution is 7.98. The van der Waals surface area contributed by atoms with Crippen molar-refractivity contribution in [2.24, 2.45) is 0 Å². The first-order valence-electron chi connectivity index (χ1n) is 5.26. The third-order valence-corrected chi connectivity index (χ3v) is 3.31. The minimum atomic E-state index is -1.08. The molecular weight excluding hydrogens is 248 g/mol. The normalized spacial score (nSPS) is 10.3. The van der Waals surface area contributed by atoms with Crippen molar-refractivity contribution in [2.75, 3.05) is 12.0 Å². The van der Waals surface area contributed by atoms with E-state index in [1.807, 2.05) is 30.5 Å². The second kappa shape index (κ2) is 5.10. The summed E-state index contributed by atoms with van der Waals surface area (Å²) in [4.78, 5) is 16.1. The van der Waals surface area contributed by atoms with E-state index in [0.29, 0.717) is 5.56 Å². The van der Waals surface area contributed by atoms with Crippen LogP contribution in [-0.4, -0.2) is 22.3 Å². The molecule has 0 aliphatic carbocycles. The van der Waals surface area contributed by atoms with Gasteiger partial charge in [0.25, 0.3) is 0 Å². The van der Waals surface area contributed by atoms with Gasteiger partial charge in [-0.05, 0) is 30.0 Å². The summed E-state index contributed by atoms with van der Waals surface area (Å²) < 4.78 is 0. The molecule has 1 aromatic carbocycles. The van der Waals surface area contributed by atoms with Gasteiger partial charge in [0.15, 0.2) is 5.69 Å². The summed E-state index contributed by atoms with van der Waals surface area (Å²) in [6, 6.07) is 10.9. The van der Waals surface area contributed by atoms with Gasteiger partial charge in [-0.3, -0.25) is 0 Å². The predicted molar refractivity (Wildman–Crippen MR) is 72.8 cm³/mol. The molecule has 0 saturated carbocycles. The van der Waals surface area contributed by atoms with E-state index in [1.165, 1.54) is 0 Å². The van der Waals surface area contributed by atoms with Crippen LogP contribution in [0.2, 0.25) is 0 Å². The minimum Gasteiger partial charge on any atom is -0.476 e. The van der Waals surface area contributed by atoms with E-state index in [1.54, 1.807) is 23.9 Å². The number of thioether (sulfide) groups is 1. The fraction of sp³-hybridized carbons (Fsp3) is 0.0769. The zero-order valence-corrected chi connectivity index (χ0v) is 10.6. The Morgan fingerprint density at radius 1 is 1.22 bits per heavy atom. The summed E-state index contributed by atoms with van der Waals surface area (Å²) >= 11 is 1.56. The summed E-state index contributed by atoms with van der Waals surface area (Å²) in [5.74, 6) is -0.869. The summed E-state index contributed by atoms with van der Waals surface area (Å²) in [7, 11) is 0. The van der Waals surface area contributed by atoms with Crippen LogP contribution in [0.5, 0.6) is 0 Å². The number of nitrogen functional groups attached to an aromatic ring is 1. The number of carboxylic acids is 1. The molecule has 1 heterocycles. The van der Waals surface area contributed by atoms with E-state index in [4.69, 9.17) is 5.73 Å². The maximum atomic E-state index is 11.2. The lowest BCUT2D eigenvalue weighted by Crippen LogP contribution is -2.05. The Labute approximate surface area is 109 Å². The molecule has 0 saturated heterocycles. The van der Waals surface area contributed by atoms with Gasteiger partial charge in [0.05, 0.1) is 0 Å². The molecule has 0 aliphatic heterocycles. The molecule has 4 nitrogen and oxygen atoms in total. The van der Waals surface area contributed by atoms with Crippen LogP contribution in [0.15, 0.2) is 41.3 Å². The second-order valence-electron chi connectivity index (χ2n) is 3.64. The van der Waals surface area contributed by atoms with Crippen LogP contribution in [-0.2, 0) is 0 Å². The summed E-state index contributed by atoms with van der Waals surface area (Å²) in [6.45, 7) is 0. The van der Waals surface area contributed by atoms with Gasteiger partial charge in [0.2, 0.25) is 0 Å². The van der Waals surface area contributed by atoms with Crippen LogP contribution in [0.25, 0.3) is 11.1 Å². The van der Waals surface area contributed by atoms with Gasteiger partial charge in [-0.1, -0.05) is 18.2 Å². The number of pyridine rings is 1. The molecule has 0 atom stereocenters. The number of nitrogens with zero attached hydrogens (tertiary/aromatic N) is 1. The van der Waals surface area contributed by atoms with Gasteiger partial charge in [0.1, 0.15) is 5.82 Å². The lowest BCUT2D eigenvalue weighted by molar-refractivity contribution is 0.0691. The summed E-state index contributed by atoms with van der Waals surface area (Å²) in [5, 5.41) is 9.19. The number of hydrogen-bond acceptors (Lipinski definition) is 4. The largest absolute Gasteiger partial charge is 0.476 e. The zero-order valence-electron chi connectivity index (χ0n) is 9.75. The Bertz CT molecular complexity index is 599. The maximum Gasteiger partial charge on any atom is 0.355 e. The Morgan fingerprint density at radius 2 is 1.94 bits per heavy atom. The van der Waals surface area contributed by atoms with Crippen LogP contribution in [0.1, 0.15) is 10.5 Å². The first-order valence-corrected chi connectivity index (χ1v) is 6.49. The first kappa shape index (κ1) is 12.4. The molecule has 0 radical (unpaired) electrons. The lowest BCUT2D eigenvalue weighted by atomic mass is 10.0. The fourth-order valence-electron chi connectivity index (χ4n) is 1.72. The number of aromatic carboxylic acids is 1. The van der Waals surface area contributed by atoms with Crippen LogP contribution < -0.4 is 5.73 Å². The Kier molecular flexibility index (Phi) is 3.53. The number of carboxylic acid groups (broad SMARTS) is 1. The molecule has 2 rings (SSSR count). The Morgan fingerprint density at radius 3 is 2.61 bits per heavy atom. The topological polar surface area (TPSA) is 76.2 Å². The van der Waals surface area contributed by atoms with Crippen molar-refractivity contribution in [1.82, 2.24) is 4.98 Å². The molecule has 0 unspecified atom stereocenters. The fourth-order valence-corrected chi connectivity index (χ4v) is 2.33. The molecule has 5 heteroatoms. The number of nitrogens with two attached hydrogens (primary N) is 1. The van der Waals surface area contributed by atoms with Gasteiger partial charge >= 0.3 is 5.97 Å². The predicted octanol–water partition coefficient (Wildman–Crippen LogP) is 2.75. The monoisotopic (exact) mass is 260 g/mol. The summed E-state index contributed by atoms with van der Waals surface area (Å²) in [6.07, 6.45) is 1.95. The Hall–Kier alpha value is -2.01. The highest BCUT2D eigenvalue weighted by atomic mass is 32.2. The number of rotatable bonds is 3. The second-order valence-corrected chi connectivity index (χ2v) is 4.49. The molecule has 0 amide bonds. The van der Waals surface area contributed by atoms with Crippen LogP contribution in [0, 0.1) is 0 Å². The van der Waals surface area contributed by atoms with E-state index in [-0.39, 0.29) is 11.5 Å². The molecule has 3 N–H and O–H groups in total. The standard InChI is InChI=1S/C13H12N2O2S/c1-18-10-5-3-2-4-8(10)9-6-7-11(14)15-12(9)13(16)17/h2-7H,1H3,(H2,14,15)(H,16,17). The SMILES string of the molecule is CSc1ccccc1-c1ccc(N)nc1C(=O)O. The maximum absolute atomic E-state index is 11.2. The quantitative estimate of drug-likeness (QED) is 0.830. The van der Waals surface area contributed by atoms with E-state index in [2.05, 4.69) is 4.98 Å². The number of anilines is 1. The van der Waals surface area contributed by atoms with Crippen LogP contribution >= 0.6 is 11.8 Å². The number of hydrogen-bond donors (Lipinski definition) is 2. The number of benzene rings is 1. The van der Waals surface area contributed by atoms with Gasteiger partial charge in [-0.2, -0.15) is 0 Å². The van der Waals surface area contributed by atoms with Crippen molar-refractivity contribution >= 4 is 23.5 Å². The Balaban J connectivity index is 2.67. The van der Waals surface area contributed by atoms with Gasteiger partial charge in [-0.15, -0.1) is 11.8 Å². The van der Waals surface area contributed by atoms with Crippen molar-refractivity contribution < 1.29 is 9.90 Å². The molecule has 0 spiro atoms. The highest BCUT2D eigenvalue weighted by Gasteiger charge is 2.15. The zero-order chi connectivity index (χ0) is 13.1.